The van der Waals surface area contributed by atoms with Gasteiger partial charge in [-0.1, -0.05) is 13.8 Å². The van der Waals surface area contributed by atoms with E-state index in [9.17, 15) is 4.79 Å². The van der Waals surface area contributed by atoms with E-state index in [1.165, 1.54) is 0 Å². The summed E-state index contributed by atoms with van der Waals surface area (Å²) in [5.74, 6) is 0.242. The molecule has 0 aromatic heterocycles. The van der Waals surface area contributed by atoms with E-state index in [0.717, 1.165) is 12.8 Å². The zero-order chi connectivity index (χ0) is 13.6. The topological polar surface area (TPSA) is 52.9 Å². The van der Waals surface area contributed by atoms with E-state index in [1.54, 1.807) is 24.3 Å². The molecule has 96 valence electrons. The maximum atomic E-state index is 12.1. The van der Waals surface area contributed by atoms with Crippen LogP contribution in [0.1, 0.15) is 42.6 Å². The molecule has 0 fully saturated rings. The van der Waals surface area contributed by atoms with Gasteiger partial charge in [0.2, 0.25) is 0 Å². The van der Waals surface area contributed by atoms with E-state index in [4.69, 9.17) is 16.9 Å². The van der Waals surface area contributed by atoms with Crippen molar-refractivity contribution in [2.24, 2.45) is 0 Å². The highest BCUT2D eigenvalue weighted by Gasteiger charge is 2.27. The van der Waals surface area contributed by atoms with Crippen molar-refractivity contribution in [3.63, 3.8) is 0 Å². The summed E-state index contributed by atoms with van der Waals surface area (Å²) in [6.45, 7) is 4.01. The monoisotopic (exact) mass is 264 g/mol. The first-order valence-corrected chi connectivity index (χ1v) is 6.53. The number of hydrogen-bond acceptors (Lipinski definition) is 2. The number of hydrogen-bond donors (Lipinski definition) is 1. The molecule has 1 rings (SSSR count). The van der Waals surface area contributed by atoms with Crippen LogP contribution in [0.2, 0.25) is 0 Å². The number of carbonyl (C=O) groups excluding carboxylic acids is 1. The number of benzene rings is 1. The second kappa shape index (κ2) is 6.42. The number of nitriles is 1. The molecule has 4 heteroatoms. The highest BCUT2D eigenvalue weighted by molar-refractivity contribution is 6.18. The van der Waals surface area contributed by atoms with Gasteiger partial charge >= 0.3 is 0 Å². The first-order chi connectivity index (χ1) is 8.60. The Morgan fingerprint density at radius 3 is 2.28 bits per heavy atom. The van der Waals surface area contributed by atoms with E-state index in [1.807, 2.05) is 19.9 Å². The van der Waals surface area contributed by atoms with Crippen LogP contribution in [0.25, 0.3) is 0 Å². The average molecular weight is 265 g/mol. The molecule has 0 saturated carbocycles. The zero-order valence-electron chi connectivity index (χ0n) is 10.7. The molecule has 0 aliphatic carbocycles. The molecule has 1 aromatic carbocycles. The summed E-state index contributed by atoms with van der Waals surface area (Å²) in [5, 5.41) is 11.7. The Balaban J connectivity index is 2.84. The van der Waals surface area contributed by atoms with Gasteiger partial charge in [-0.3, -0.25) is 4.79 Å². The van der Waals surface area contributed by atoms with Gasteiger partial charge in [-0.15, -0.1) is 11.6 Å². The minimum Gasteiger partial charge on any atom is -0.345 e. The predicted molar refractivity (Wildman–Crippen MR) is 72.7 cm³/mol. The van der Waals surface area contributed by atoms with Gasteiger partial charge in [0, 0.05) is 11.4 Å². The largest absolute Gasteiger partial charge is 0.345 e. The maximum Gasteiger partial charge on any atom is 0.251 e. The smallest absolute Gasteiger partial charge is 0.251 e. The van der Waals surface area contributed by atoms with Gasteiger partial charge in [0.05, 0.1) is 17.2 Å². The Kier molecular flexibility index (Phi) is 5.18. The van der Waals surface area contributed by atoms with Gasteiger partial charge in [-0.25, -0.2) is 0 Å². The molecule has 1 aromatic rings. The summed E-state index contributed by atoms with van der Waals surface area (Å²) in [6.07, 6.45) is 1.57. The van der Waals surface area contributed by atoms with Crippen LogP contribution in [-0.2, 0) is 0 Å². The number of halogens is 1. The van der Waals surface area contributed by atoms with E-state index in [0.29, 0.717) is 17.0 Å². The van der Waals surface area contributed by atoms with Crippen molar-refractivity contribution in [1.82, 2.24) is 5.32 Å². The number of rotatable bonds is 5. The van der Waals surface area contributed by atoms with Gasteiger partial charge in [0.1, 0.15) is 0 Å². The first-order valence-electron chi connectivity index (χ1n) is 5.99. The lowest BCUT2D eigenvalue weighted by molar-refractivity contribution is 0.0902. The molecule has 0 atom stereocenters. The second-order valence-electron chi connectivity index (χ2n) is 4.26. The molecular weight excluding hydrogens is 248 g/mol. The number of carbonyl (C=O) groups is 1. The molecular formula is C14H17ClN2O. The normalized spacial score (nSPS) is 10.8. The highest BCUT2D eigenvalue weighted by Crippen LogP contribution is 2.18. The van der Waals surface area contributed by atoms with Crippen molar-refractivity contribution >= 4 is 17.5 Å². The van der Waals surface area contributed by atoms with Crippen molar-refractivity contribution in [3.05, 3.63) is 35.4 Å². The molecule has 0 heterocycles. The van der Waals surface area contributed by atoms with Gasteiger partial charge < -0.3 is 5.32 Å². The third kappa shape index (κ3) is 3.24. The van der Waals surface area contributed by atoms with Crippen molar-refractivity contribution in [1.29, 1.82) is 5.26 Å². The Morgan fingerprint density at radius 2 is 1.89 bits per heavy atom. The fraction of sp³-hybridized carbons (Fsp3) is 0.429. The van der Waals surface area contributed by atoms with Crippen LogP contribution in [0, 0.1) is 11.3 Å². The average Bonchev–Trinajstić information content (AvgIpc) is 2.45. The summed E-state index contributed by atoms with van der Waals surface area (Å²) in [6, 6.07) is 8.59. The summed E-state index contributed by atoms with van der Waals surface area (Å²) >= 11 is 5.95. The Bertz CT molecular complexity index is 436. The maximum absolute atomic E-state index is 12.1. The van der Waals surface area contributed by atoms with Crippen LogP contribution in [0.3, 0.4) is 0 Å². The molecule has 18 heavy (non-hydrogen) atoms. The van der Waals surface area contributed by atoms with Crippen LogP contribution in [0.15, 0.2) is 24.3 Å². The molecule has 0 bridgehead atoms. The van der Waals surface area contributed by atoms with Crippen LogP contribution >= 0.6 is 11.6 Å². The van der Waals surface area contributed by atoms with E-state index in [2.05, 4.69) is 5.32 Å². The molecule has 0 aliphatic rings. The van der Waals surface area contributed by atoms with Crippen molar-refractivity contribution in [3.8, 4) is 6.07 Å². The molecule has 0 aliphatic heterocycles. The minimum atomic E-state index is -0.355. The number of nitrogens with one attached hydrogen (secondary N) is 1. The Labute approximate surface area is 113 Å². The lowest BCUT2D eigenvalue weighted by atomic mass is 9.94. The van der Waals surface area contributed by atoms with Gasteiger partial charge in [-0.05, 0) is 37.1 Å². The number of nitrogens with zero attached hydrogens (tertiary/aromatic N) is 1. The fourth-order valence-corrected chi connectivity index (χ4v) is 2.10. The van der Waals surface area contributed by atoms with Gasteiger partial charge in [0.25, 0.3) is 5.91 Å². The third-order valence-corrected chi connectivity index (χ3v) is 3.78. The highest BCUT2D eigenvalue weighted by atomic mass is 35.5. The van der Waals surface area contributed by atoms with Gasteiger partial charge in [0.15, 0.2) is 0 Å². The van der Waals surface area contributed by atoms with Crippen LogP contribution in [0.5, 0.6) is 0 Å². The predicted octanol–water partition coefficient (Wildman–Crippen LogP) is 3.09. The second-order valence-corrected chi connectivity index (χ2v) is 4.53. The Morgan fingerprint density at radius 1 is 1.33 bits per heavy atom. The summed E-state index contributed by atoms with van der Waals surface area (Å²) < 4.78 is 0. The van der Waals surface area contributed by atoms with Gasteiger partial charge in [-0.2, -0.15) is 5.26 Å². The zero-order valence-corrected chi connectivity index (χ0v) is 11.4. The molecule has 1 N–H and O–H groups in total. The number of alkyl halides is 1. The van der Waals surface area contributed by atoms with Crippen LogP contribution in [-0.4, -0.2) is 17.3 Å². The third-order valence-electron chi connectivity index (χ3n) is 3.26. The lowest BCUT2D eigenvalue weighted by Crippen LogP contribution is -2.49. The van der Waals surface area contributed by atoms with E-state index >= 15 is 0 Å². The Hall–Kier alpha value is -1.53. The number of amides is 1. The molecule has 0 saturated heterocycles. The standard InChI is InChI=1S/C14H17ClN2O/c1-3-14(4-2,10-15)17-13(18)12-7-5-11(9-16)6-8-12/h5-8H,3-4,10H2,1-2H3,(H,17,18). The minimum absolute atomic E-state index is 0.149. The van der Waals surface area contributed by atoms with E-state index in [-0.39, 0.29) is 11.4 Å². The molecule has 3 nitrogen and oxygen atoms in total. The summed E-state index contributed by atoms with van der Waals surface area (Å²) in [5.41, 5.74) is 0.735. The van der Waals surface area contributed by atoms with Crippen molar-refractivity contribution in [2.45, 2.75) is 32.2 Å². The SMILES string of the molecule is CCC(CC)(CCl)NC(=O)c1ccc(C#N)cc1. The fourth-order valence-electron chi connectivity index (χ4n) is 1.66. The molecule has 0 radical (unpaired) electrons. The summed E-state index contributed by atoms with van der Waals surface area (Å²) in [7, 11) is 0. The van der Waals surface area contributed by atoms with E-state index < -0.39 is 0 Å². The van der Waals surface area contributed by atoms with Crippen LogP contribution < -0.4 is 5.32 Å². The van der Waals surface area contributed by atoms with Crippen molar-refractivity contribution < 1.29 is 4.79 Å². The summed E-state index contributed by atoms with van der Waals surface area (Å²) in [4.78, 5) is 12.1. The first kappa shape index (κ1) is 14.5. The lowest BCUT2D eigenvalue weighted by Gasteiger charge is -2.30. The molecule has 1 amide bonds. The quantitative estimate of drug-likeness (QED) is 0.831. The molecule has 0 spiro atoms. The molecule has 0 unspecified atom stereocenters. The van der Waals surface area contributed by atoms with Crippen LogP contribution in [0.4, 0.5) is 0 Å². The van der Waals surface area contributed by atoms with Crippen molar-refractivity contribution in [2.75, 3.05) is 5.88 Å².